The second-order valence-electron chi connectivity index (χ2n) is 7.04. The number of fused-ring (bicyclic) bond motifs is 1. The van der Waals surface area contributed by atoms with Gasteiger partial charge in [-0.25, -0.2) is 23.1 Å². The molecule has 0 aliphatic heterocycles. The van der Waals surface area contributed by atoms with Gasteiger partial charge in [-0.15, -0.1) is 0 Å². The molecule has 32 heavy (non-hydrogen) atoms. The molecule has 0 fully saturated rings. The summed E-state index contributed by atoms with van der Waals surface area (Å²) in [5.41, 5.74) is 2.42. The Bertz CT molecular complexity index is 1300. The van der Waals surface area contributed by atoms with E-state index in [1.807, 2.05) is 41.8 Å². The van der Waals surface area contributed by atoms with Gasteiger partial charge in [-0.3, -0.25) is 0 Å². The molecule has 1 N–H and O–H groups in total. The predicted octanol–water partition coefficient (Wildman–Crippen LogP) is 3.37. The summed E-state index contributed by atoms with van der Waals surface area (Å²) < 4.78 is 40.8. The maximum Gasteiger partial charge on any atom is 0.240 e. The Labute approximate surface area is 186 Å². The number of hydrogen-bond acceptors (Lipinski definition) is 6. The normalized spacial score (nSPS) is 11.6. The molecule has 4 aromatic rings. The summed E-state index contributed by atoms with van der Waals surface area (Å²) in [6, 6.07) is 17.7. The standard InChI is InChI=1S/C23H24N4O4S/c1-3-31-19-10-12-20(13-11-19)32(28,29)25-15-22-26-21-5-4-14-24-23(21)27(22)16-17-6-8-18(30-2)9-7-17/h4-14,25H,3,15-16H2,1-2H3. The van der Waals surface area contributed by atoms with Gasteiger partial charge in [-0.1, -0.05) is 12.1 Å². The second-order valence-corrected chi connectivity index (χ2v) is 8.80. The van der Waals surface area contributed by atoms with E-state index in [1.54, 1.807) is 31.5 Å². The molecule has 2 aromatic carbocycles. The van der Waals surface area contributed by atoms with Crippen LogP contribution in [0.3, 0.4) is 0 Å². The zero-order chi connectivity index (χ0) is 22.6. The number of aromatic nitrogens is 3. The van der Waals surface area contributed by atoms with Crippen LogP contribution in [0.5, 0.6) is 11.5 Å². The molecule has 0 radical (unpaired) electrons. The highest BCUT2D eigenvalue weighted by Crippen LogP contribution is 2.20. The number of nitrogens with zero attached hydrogens (tertiary/aromatic N) is 3. The Morgan fingerprint density at radius 3 is 2.41 bits per heavy atom. The van der Waals surface area contributed by atoms with Crippen LogP contribution in [0, 0.1) is 0 Å². The summed E-state index contributed by atoms with van der Waals surface area (Å²) in [6.07, 6.45) is 1.70. The van der Waals surface area contributed by atoms with Crippen molar-refractivity contribution in [3.8, 4) is 11.5 Å². The average Bonchev–Trinajstić information content (AvgIpc) is 3.16. The van der Waals surface area contributed by atoms with Crippen LogP contribution in [0.15, 0.2) is 71.8 Å². The van der Waals surface area contributed by atoms with Crippen LogP contribution in [-0.2, 0) is 23.1 Å². The van der Waals surface area contributed by atoms with Crippen molar-refractivity contribution < 1.29 is 17.9 Å². The van der Waals surface area contributed by atoms with E-state index in [0.717, 1.165) is 11.3 Å². The molecule has 0 spiro atoms. The fourth-order valence-electron chi connectivity index (χ4n) is 3.34. The number of pyridine rings is 1. The third-order valence-electron chi connectivity index (χ3n) is 4.95. The molecular weight excluding hydrogens is 428 g/mol. The van der Waals surface area contributed by atoms with Gasteiger partial charge < -0.3 is 14.0 Å². The number of sulfonamides is 1. The highest BCUT2D eigenvalue weighted by Gasteiger charge is 2.18. The molecule has 0 aliphatic rings. The summed E-state index contributed by atoms with van der Waals surface area (Å²) in [7, 11) is -2.10. The van der Waals surface area contributed by atoms with Crippen LogP contribution in [0.2, 0.25) is 0 Å². The number of imidazole rings is 1. The largest absolute Gasteiger partial charge is 0.497 e. The second kappa shape index (κ2) is 9.37. The lowest BCUT2D eigenvalue weighted by Gasteiger charge is -2.11. The van der Waals surface area contributed by atoms with E-state index in [2.05, 4.69) is 14.7 Å². The van der Waals surface area contributed by atoms with E-state index in [1.165, 1.54) is 12.1 Å². The third kappa shape index (κ3) is 4.74. The number of methoxy groups -OCH3 is 1. The SMILES string of the molecule is CCOc1ccc(S(=O)(=O)NCc2nc3cccnc3n2Cc2ccc(OC)cc2)cc1. The molecule has 0 atom stereocenters. The molecule has 166 valence electrons. The van der Waals surface area contributed by atoms with E-state index in [-0.39, 0.29) is 11.4 Å². The summed E-state index contributed by atoms with van der Waals surface area (Å²) in [5, 5.41) is 0. The van der Waals surface area contributed by atoms with Crippen LogP contribution >= 0.6 is 0 Å². The van der Waals surface area contributed by atoms with E-state index < -0.39 is 10.0 Å². The number of ether oxygens (including phenoxy) is 2. The van der Waals surface area contributed by atoms with Gasteiger partial charge in [0.15, 0.2) is 5.65 Å². The molecule has 0 bridgehead atoms. The summed E-state index contributed by atoms with van der Waals surface area (Å²) >= 11 is 0. The van der Waals surface area contributed by atoms with Gasteiger partial charge in [-0.05, 0) is 61.0 Å². The van der Waals surface area contributed by atoms with Crippen molar-refractivity contribution >= 4 is 21.2 Å². The summed E-state index contributed by atoms with van der Waals surface area (Å²) in [6.45, 7) is 2.92. The third-order valence-corrected chi connectivity index (χ3v) is 6.37. The maximum absolute atomic E-state index is 12.8. The summed E-state index contributed by atoms with van der Waals surface area (Å²) in [5.74, 6) is 1.97. The minimum atomic E-state index is -3.72. The minimum Gasteiger partial charge on any atom is -0.497 e. The predicted molar refractivity (Wildman–Crippen MR) is 121 cm³/mol. The highest BCUT2D eigenvalue weighted by atomic mass is 32.2. The van der Waals surface area contributed by atoms with Crippen LogP contribution in [0.4, 0.5) is 0 Å². The molecule has 2 heterocycles. The molecule has 0 saturated carbocycles. The molecule has 0 saturated heterocycles. The molecule has 4 rings (SSSR count). The van der Waals surface area contributed by atoms with Crippen molar-refractivity contribution in [1.82, 2.24) is 19.3 Å². The van der Waals surface area contributed by atoms with E-state index in [9.17, 15) is 8.42 Å². The molecule has 0 unspecified atom stereocenters. The molecule has 2 aromatic heterocycles. The smallest absolute Gasteiger partial charge is 0.240 e. The molecule has 8 nitrogen and oxygen atoms in total. The van der Waals surface area contributed by atoms with Gasteiger partial charge in [0.2, 0.25) is 10.0 Å². The van der Waals surface area contributed by atoms with Gasteiger partial charge in [0.25, 0.3) is 0 Å². The van der Waals surface area contributed by atoms with Gasteiger partial charge in [0, 0.05) is 6.20 Å². The first kappa shape index (κ1) is 21.8. The van der Waals surface area contributed by atoms with Crippen molar-refractivity contribution in [2.75, 3.05) is 13.7 Å². The Morgan fingerprint density at radius 1 is 1.00 bits per heavy atom. The van der Waals surface area contributed by atoms with Crippen molar-refractivity contribution in [2.45, 2.75) is 24.9 Å². The minimum absolute atomic E-state index is 0.0298. The number of nitrogens with one attached hydrogen (secondary N) is 1. The first-order valence-corrected chi connectivity index (χ1v) is 11.6. The van der Waals surface area contributed by atoms with Crippen LogP contribution < -0.4 is 14.2 Å². The number of benzene rings is 2. The fourth-order valence-corrected chi connectivity index (χ4v) is 4.32. The molecule has 9 heteroatoms. The monoisotopic (exact) mass is 452 g/mol. The van der Waals surface area contributed by atoms with Crippen molar-refractivity contribution in [2.24, 2.45) is 0 Å². The molecule has 0 aliphatic carbocycles. The van der Waals surface area contributed by atoms with Gasteiger partial charge >= 0.3 is 0 Å². The number of rotatable bonds is 9. The lowest BCUT2D eigenvalue weighted by Crippen LogP contribution is -2.25. The number of hydrogen-bond donors (Lipinski definition) is 1. The zero-order valence-corrected chi connectivity index (χ0v) is 18.7. The lowest BCUT2D eigenvalue weighted by atomic mass is 10.2. The Kier molecular flexibility index (Phi) is 6.38. The fraction of sp³-hybridized carbons (Fsp3) is 0.217. The molecular formula is C23H24N4O4S. The quantitative estimate of drug-likeness (QED) is 0.418. The topological polar surface area (TPSA) is 95.3 Å². The van der Waals surface area contributed by atoms with Crippen LogP contribution in [-0.4, -0.2) is 36.7 Å². The summed E-state index contributed by atoms with van der Waals surface area (Å²) in [4.78, 5) is 9.22. The van der Waals surface area contributed by atoms with E-state index >= 15 is 0 Å². The van der Waals surface area contributed by atoms with Gasteiger partial charge in [0.05, 0.1) is 31.7 Å². The first-order valence-electron chi connectivity index (χ1n) is 10.2. The Hall–Kier alpha value is -3.43. The maximum atomic E-state index is 12.8. The Balaban J connectivity index is 1.58. The first-order chi connectivity index (χ1) is 15.5. The molecule has 0 amide bonds. The highest BCUT2D eigenvalue weighted by molar-refractivity contribution is 7.89. The van der Waals surface area contributed by atoms with E-state index in [4.69, 9.17) is 9.47 Å². The van der Waals surface area contributed by atoms with E-state index in [0.29, 0.717) is 35.9 Å². The van der Waals surface area contributed by atoms with Crippen molar-refractivity contribution in [3.63, 3.8) is 0 Å². The average molecular weight is 453 g/mol. The van der Waals surface area contributed by atoms with Crippen molar-refractivity contribution in [1.29, 1.82) is 0 Å². The van der Waals surface area contributed by atoms with Crippen molar-refractivity contribution in [3.05, 3.63) is 78.2 Å². The lowest BCUT2D eigenvalue weighted by molar-refractivity contribution is 0.340. The van der Waals surface area contributed by atoms with Gasteiger partial charge in [-0.2, -0.15) is 0 Å². The Morgan fingerprint density at radius 2 is 1.72 bits per heavy atom. The zero-order valence-electron chi connectivity index (χ0n) is 17.9. The van der Waals surface area contributed by atoms with Gasteiger partial charge in [0.1, 0.15) is 22.8 Å². The van der Waals surface area contributed by atoms with Crippen LogP contribution in [0.25, 0.3) is 11.2 Å². The van der Waals surface area contributed by atoms with Crippen LogP contribution in [0.1, 0.15) is 18.3 Å².